The van der Waals surface area contributed by atoms with Crippen molar-refractivity contribution in [3.05, 3.63) is 64.7 Å². The Morgan fingerprint density at radius 3 is 2.70 bits per heavy atom. The summed E-state index contributed by atoms with van der Waals surface area (Å²) in [5.41, 5.74) is 1.58. The lowest BCUT2D eigenvalue weighted by Crippen LogP contribution is -2.25. The van der Waals surface area contributed by atoms with E-state index in [9.17, 15) is 18.0 Å². The number of ketones is 1. The zero-order chi connectivity index (χ0) is 16.6. The van der Waals surface area contributed by atoms with Crippen LogP contribution in [0.4, 0.5) is 13.2 Å². The summed E-state index contributed by atoms with van der Waals surface area (Å²) in [5.74, 6) is -0.538. The molecule has 1 heterocycles. The van der Waals surface area contributed by atoms with Crippen LogP contribution >= 0.6 is 0 Å². The molecule has 0 saturated carbocycles. The summed E-state index contributed by atoms with van der Waals surface area (Å²) in [6.07, 6.45) is -4.60. The Balaban J connectivity index is 1.88. The summed E-state index contributed by atoms with van der Waals surface area (Å²) >= 11 is 0. The maximum absolute atomic E-state index is 13.0. The second-order valence-electron chi connectivity index (χ2n) is 5.63. The van der Waals surface area contributed by atoms with E-state index >= 15 is 0 Å². The van der Waals surface area contributed by atoms with Gasteiger partial charge in [-0.15, -0.1) is 0 Å². The fraction of sp³-hybridized carbons (Fsp3) is 0.235. The number of carbonyl (C=O) groups excluding carboxylic acids is 1. The quantitative estimate of drug-likeness (QED) is 0.640. The van der Waals surface area contributed by atoms with Gasteiger partial charge in [-0.3, -0.25) is 4.79 Å². The molecule has 2 nitrogen and oxygen atoms in total. The number of benzene rings is 2. The van der Waals surface area contributed by atoms with Gasteiger partial charge < -0.3 is 4.65 Å². The van der Waals surface area contributed by atoms with Gasteiger partial charge in [-0.1, -0.05) is 43.2 Å². The minimum atomic E-state index is -4.54. The number of Topliss-reactive ketones (excluding diaryl/α,β-unsaturated/α-hetero) is 1. The summed E-state index contributed by atoms with van der Waals surface area (Å²) in [7, 11) is 0. The third kappa shape index (κ3) is 3.17. The highest BCUT2D eigenvalue weighted by Gasteiger charge is 2.34. The average molecular weight is 318 g/mol. The summed E-state index contributed by atoms with van der Waals surface area (Å²) in [4.78, 5) is 12.3. The predicted octanol–water partition coefficient (Wildman–Crippen LogP) is 3.49. The van der Waals surface area contributed by atoms with Crippen LogP contribution < -0.4 is 5.46 Å². The van der Waals surface area contributed by atoms with Crippen LogP contribution in [0, 0.1) is 0 Å². The van der Waals surface area contributed by atoms with Gasteiger partial charge in [0.15, 0.2) is 5.78 Å². The molecule has 0 N–H and O–H groups in total. The molecule has 2 aromatic rings. The van der Waals surface area contributed by atoms with E-state index in [0.29, 0.717) is 12.2 Å². The first-order valence-corrected chi connectivity index (χ1v) is 7.29. The van der Waals surface area contributed by atoms with Crippen molar-refractivity contribution in [3.63, 3.8) is 0 Å². The molecule has 0 radical (unpaired) electrons. The Kier molecular flexibility index (Phi) is 4.02. The molecule has 2 aromatic carbocycles. The molecule has 1 aliphatic rings. The normalized spacial score (nSPS) is 14.0. The Labute approximate surface area is 132 Å². The minimum Gasteiger partial charge on any atom is -0.427 e. The molecular formula is C17H14BF3O2. The van der Waals surface area contributed by atoms with Crippen LogP contribution in [0.1, 0.15) is 27.0 Å². The van der Waals surface area contributed by atoms with Gasteiger partial charge in [0.05, 0.1) is 12.2 Å². The van der Waals surface area contributed by atoms with Crippen molar-refractivity contribution >= 4 is 18.2 Å². The maximum Gasteiger partial charge on any atom is 0.417 e. The van der Waals surface area contributed by atoms with Gasteiger partial charge in [0, 0.05) is 12.0 Å². The molecule has 0 amide bonds. The Hall–Kier alpha value is -2.08. The summed E-state index contributed by atoms with van der Waals surface area (Å²) < 4.78 is 44.5. The van der Waals surface area contributed by atoms with Gasteiger partial charge >= 0.3 is 13.1 Å². The van der Waals surface area contributed by atoms with Crippen LogP contribution in [0.15, 0.2) is 42.5 Å². The predicted molar refractivity (Wildman–Crippen MR) is 82.0 cm³/mol. The van der Waals surface area contributed by atoms with E-state index in [1.807, 2.05) is 19.0 Å². The van der Waals surface area contributed by atoms with E-state index in [0.717, 1.165) is 17.1 Å². The van der Waals surface area contributed by atoms with Crippen LogP contribution in [-0.2, 0) is 23.9 Å². The van der Waals surface area contributed by atoms with Crippen molar-refractivity contribution in [3.8, 4) is 0 Å². The lowest BCUT2D eigenvalue weighted by atomic mass is 9.64. The number of alkyl halides is 3. The van der Waals surface area contributed by atoms with E-state index < -0.39 is 17.5 Å². The van der Waals surface area contributed by atoms with Gasteiger partial charge in [0.2, 0.25) is 0 Å². The SMILES string of the molecule is CB1OCc2ccc(CC(=O)c3ccccc3C(F)(F)F)cc21. The van der Waals surface area contributed by atoms with E-state index in [-0.39, 0.29) is 18.9 Å². The van der Waals surface area contributed by atoms with Crippen molar-refractivity contribution < 1.29 is 22.6 Å². The molecule has 0 unspecified atom stereocenters. The fourth-order valence-corrected chi connectivity index (χ4v) is 2.82. The first-order valence-electron chi connectivity index (χ1n) is 7.29. The van der Waals surface area contributed by atoms with Gasteiger partial charge in [0.1, 0.15) is 0 Å². The van der Waals surface area contributed by atoms with Crippen LogP contribution in [0.2, 0.25) is 6.82 Å². The molecule has 118 valence electrons. The molecule has 1 aliphatic heterocycles. The number of halogens is 3. The van der Waals surface area contributed by atoms with Crippen molar-refractivity contribution in [1.82, 2.24) is 0 Å². The van der Waals surface area contributed by atoms with E-state index in [2.05, 4.69) is 0 Å². The zero-order valence-electron chi connectivity index (χ0n) is 12.5. The summed E-state index contributed by atoms with van der Waals surface area (Å²) in [5, 5.41) is 0. The minimum absolute atomic E-state index is 0.0532. The summed E-state index contributed by atoms with van der Waals surface area (Å²) in [6.45, 7) is 2.39. The number of rotatable bonds is 3. The number of carbonyl (C=O) groups is 1. The number of hydrogen-bond acceptors (Lipinski definition) is 2. The Morgan fingerprint density at radius 1 is 1.22 bits per heavy atom. The molecular weight excluding hydrogens is 304 g/mol. The van der Waals surface area contributed by atoms with Crippen LogP contribution in [0.3, 0.4) is 0 Å². The first-order chi connectivity index (χ1) is 10.9. The van der Waals surface area contributed by atoms with Gasteiger partial charge in [-0.25, -0.2) is 0 Å². The second-order valence-corrected chi connectivity index (χ2v) is 5.63. The van der Waals surface area contributed by atoms with Gasteiger partial charge in [-0.2, -0.15) is 13.2 Å². The molecule has 0 spiro atoms. The molecule has 0 saturated heterocycles. The zero-order valence-corrected chi connectivity index (χ0v) is 12.5. The molecule has 3 rings (SSSR count). The smallest absolute Gasteiger partial charge is 0.417 e. The lowest BCUT2D eigenvalue weighted by Gasteiger charge is -2.12. The third-order valence-corrected chi connectivity index (χ3v) is 4.03. The van der Waals surface area contributed by atoms with Crippen molar-refractivity contribution in [2.45, 2.75) is 26.0 Å². The average Bonchev–Trinajstić information content (AvgIpc) is 2.87. The van der Waals surface area contributed by atoms with Crippen molar-refractivity contribution in [1.29, 1.82) is 0 Å². The Morgan fingerprint density at radius 2 is 1.96 bits per heavy atom. The third-order valence-electron chi connectivity index (χ3n) is 4.03. The largest absolute Gasteiger partial charge is 0.427 e. The molecule has 0 atom stereocenters. The first kappa shape index (κ1) is 15.8. The van der Waals surface area contributed by atoms with Crippen molar-refractivity contribution in [2.24, 2.45) is 0 Å². The highest BCUT2D eigenvalue weighted by molar-refractivity contribution is 6.67. The monoisotopic (exact) mass is 318 g/mol. The fourth-order valence-electron chi connectivity index (χ4n) is 2.82. The molecule has 0 aliphatic carbocycles. The van der Waals surface area contributed by atoms with Gasteiger partial charge in [0.25, 0.3) is 0 Å². The van der Waals surface area contributed by atoms with Crippen LogP contribution in [-0.4, -0.2) is 12.7 Å². The van der Waals surface area contributed by atoms with E-state index in [4.69, 9.17) is 4.65 Å². The molecule has 0 bridgehead atoms. The molecule has 0 aromatic heterocycles. The lowest BCUT2D eigenvalue weighted by molar-refractivity contribution is -0.137. The highest BCUT2D eigenvalue weighted by Crippen LogP contribution is 2.32. The van der Waals surface area contributed by atoms with E-state index in [1.54, 1.807) is 6.07 Å². The summed E-state index contributed by atoms with van der Waals surface area (Å²) in [6, 6.07) is 10.4. The Bertz CT molecular complexity index is 756. The van der Waals surface area contributed by atoms with Crippen molar-refractivity contribution in [2.75, 3.05) is 0 Å². The molecule has 6 heteroatoms. The molecule has 0 fully saturated rings. The molecule has 23 heavy (non-hydrogen) atoms. The van der Waals surface area contributed by atoms with Crippen LogP contribution in [0.25, 0.3) is 0 Å². The highest BCUT2D eigenvalue weighted by atomic mass is 19.4. The topological polar surface area (TPSA) is 26.3 Å². The van der Waals surface area contributed by atoms with Crippen LogP contribution in [0.5, 0.6) is 0 Å². The standard InChI is InChI=1S/C17H14BF3O2/c1-18-15-8-11(6-7-12(15)10-23-18)9-16(22)13-4-2-3-5-14(13)17(19,20)21/h2-8H,9-10H2,1H3. The second kappa shape index (κ2) is 5.85. The number of fused-ring (bicyclic) bond motifs is 1. The number of hydrogen-bond donors (Lipinski definition) is 0. The van der Waals surface area contributed by atoms with Gasteiger partial charge in [-0.05, 0) is 22.7 Å². The van der Waals surface area contributed by atoms with E-state index in [1.165, 1.54) is 18.2 Å². The maximum atomic E-state index is 13.0.